The number of nitrogens with zero attached hydrogens (tertiary/aromatic N) is 3. The lowest BCUT2D eigenvalue weighted by Gasteiger charge is -2.07. The molecule has 2 aromatic heterocycles. The van der Waals surface area contributed by atoms with E-state index in [1.54, 1.807) is 10.9 Å². The number of rotatable bonds is 4. The summed E-state index contributed by atoms with van der Waals surface area (Å²) >= 11 is 5.31. The molecule has 0 saturated carbocycles. The van der Waals surface area contributed by atoms with Gasteiger partial charge in [0, 0.05) is 24.0 Å². The molecular weight excluding hydrogens is 324 g/mol. The first-order chi connectivity index (χ1) is 11.8. The quantitative estimate of drug-likeness (QED) is 0.575. The van der Waals surface area contributed by atoms with Gasteiger partial charge in [-0.3, -0.25) is 5.10 Å². The normalized spacial score (nSPS) is 18.1. The van der Waals surface area contributed by atoms with Gasteiger partial charge in [0.2, 0.25) is 4.77 Å². The van der Waals surface area contributed by atoms with Gasteiger partial charge in [-0.1, -0.05) is 25.1 Å². The Kier molecular flexibility index (Phi) is 4.03. The Morgan fingerprint density at radius 2 is 2.33 bits per heavy atom. The van der Waals surface area contributed by atoms with E-state index < -0.39 is 0 Å². The molecule has 1 fully saturated rings. The van der Waals surface area contributed by atoms with Crippen LogP contribution in [0.2, 0.25) is 0 Å². The van der Waals surface area contributed by atoms with Crippen LogP contribution < -0.4 is 0 Å². The highest BCUT2D eigenvalue weighted by atomic mass is 32.1. The zero-order chi connectivity index (χ0) is 16.5. The molecule has 4 rings (SSSR count). The molecule has 0 bridgehead atoms. The Balaban J connectivity index is 1.76. The Morgan fingerprint density at radius 3 is 3.12 bits per heavy atom. The van der Waals surface area contributed by atoms with E-state index >= 15 is 0 Å². The Bertz CT molecular complexity index is 947. The molecule has 0 amide bonds. The fourth-order valence-electron chi connectivity index (χ4n) is 3.04. The molecule has 0 spiro atoms. The third-order valence-corrected chi connectivity index (χ3v) is 4.49. The SMILES string of the molecule is CCc1oc2ccccc2c1/C=N\n1c([C@H]2CCCO2)n[nH]c1=S. The van der Waals surface area contributed by atoms with Gasteiger partial charge >= 0.3 is 0 Å². The van der Waals surface area contributed by atoms with E-state index in [2.05, 4.69) is 22.2 Å². The number of hydrogen-bond donors (Lipinski definition) is 1. The molecule has 6 nitrogen and oxygen atoms in total. The molecular formula is C17H18N4O2S. The van der Waals surface area contributed by atoms with Crippen molar-refractivity contribution in [1.29, 1.82) is 0 Å². The predicted molar refractivity (Wildman–Crippen MR) is 93.9 cm³/mol. The minimum Gasteiger partial charge on any atom is -0.460 e. The second-order valence-corrected chi connectivity index (χ2v) is 6.12. The second-order valence-electron chi connectivity index (χ2n) is 5.73. The lowest BCUT2D eigenvalue weighted by atomic mass is 10.1. The monoisotopic (exact) mass is 342 g/mol. The molecule has 0 aliphatic carbocycles. The summed E-state index contributed by atoms with van der Waals surface area (Å²) in [6.07, 6.45) is 4.51. The first-order valence-corrected chi connectivity index (χ1v) is 8.52. The molecule has 1 aliphatic heterocycles. The molecule has 0 radical (unpaired) electrons. The van der Waals surface area contributed by atoms with Crippen LogP contribution in [0, 0.1) is 4.77 Å². The average Bonchev–Trinajstić information content (AvgIpc) is 3.31. The topological polar surface area (TPSA) is 68.3 Å². The maximum Gasteiger partial charge on any atom is 0.216 e. The van der Waals surface area contributed by atoms with Gasteiger partial charge in [0.15, 0.2) is 5.82 Å². The van der Waals surface area contributed by atoms with Crippen molar-refractivity contribution < 1.29 is 9.15 Å². The number of furan rings is 1. The zero-order valence-corrected chi connectivity index (χ0v) is 14.2. The summed E-state index contributed by atoms with van der Waals surface area (Å²) in [5.41, 5.74) is 1.85. The maximum absolute atomic E-state index is 5.90. The third kappa shape index (κ3) is 2.59. The first kappa shape index (κ1) is 15.3. The Morgan fingerprint density at radius 1 is 1.46 bits per heavy atom. The molecule has 1 aliphatic rings. The van der Waals surface area contributed by atoms with E-state index in [1.165, 1.54) is 0 Å². The van der Waals surface area contributed by atoms with E-state index in [0.29, 0.717) is 4.77 Å². The number of benzene rings is 1. The summed E-state index contributed by atoms with van der Waals surface area (Å²) in [5, 5.41) is 12.7. The second kappa shape index (κ2) is 6.33. The summed E-state index contributed by atoms with van der Waals surface area (Å²) in [6, 6.07) is 7.96. The van der Waals surface area contributed by atoms with Crippen molar-refractivity contribution in [3.8, 4) is 0 Å². The molecule has 1 N–H and O–H groups in total. The highest BCUT2D eigenvalue weighted by molar-refractivity contribution is 7.71. The van der Waals surface area contributed by atoms with Crippen LogP contribution in [-0.4, -0.2) is 27.7 Å². The van der Waals surface area contributed by atoms with E-state index in [-0.39, 0.29) is 6.10 Å². The smallest absolute Gasteiger partial charge is 0.216 e. The predicted octanol–water partition coefficient (Wildman–Crippen LogP) is 3.98. The average molecular weight is 342 g/mol. The Hall–Kier alpha value is -2.25. The van der Waals surface area contributed by atoms with Crippen molar-refractivity contribution in [3.63, 3.8) is 0 Å². The number of fused-ring (bicyclic) bond motifs is 1. The lowest BCUT2D eigenvalue weighted by Crippen LogP contribution is -2.05. The molecule has 24 heavy (non-hydrogen) atoms. The highest BCUT2D eigenvalue weighted by Crippen LogP contribution is 2.28. The van der Waals surface area contributed by atoms with Gasteiger partial charge in [-0.05, 0) is 31.1 Å². The van der Waals surface area contributed by atoms with Crippen LogP contribution in [0.4, 0.5) is 0 Å². The number of para-hydroxylation sites is 1. The van der Waals surface area contributed by atoms with Crippen LogP contribution in [-0.2, 0) is 11.2 Å². The summed E-state index contributed by atoms with van der Waals surface area (Å²) in [6.45, 7) is 2.82. The Labute approximate surface area is 144 Å². The van der Waals surface area contributed by atoms with Gasteiger partial charge in [0.1, 0.15) is 17.4 Å². The standard InChI is InChI=1S/C17H18N4O2S/c1-2-13-12(11-6-3-4-7-14(11)23-13)10-18-21-16(19-20-17(21)24)15-8-5-9-22-15/h3-4,6-7,10,15H,2,5,8-9H2,1H3,(H,20,24)/b18-10-/t15-/m1/s1. The van der Waals surface area contributed by atoms with Gasteiger partial charge in [-0.2, -0.15) is 14.9 Å². The number of H-pyrrole nitrogens is 1. The third-order valence-electron chi connectivity index (χ3n) is 4.23. The van der Waals surface area contributed by atoms with E-state index in [1.807, 2.05) is 24.3 Å². The molecule has 1 aromatic carbocycles. The first-order valence-electron chi connectivity index (χ1n) is 8.11. The van der Waals surface area contributed by atoms with Crippen molar-refractivity contribution in [2.75, 3.05) is 6.61 Å². The van der Waals surface area contributed by atoms with Crippen molar-refractivity contribution in [2.24, 2.45) is 5.10 Å². The minimum absolute atomic E-state index is 0.0539. The number of ether oxygens (including phenoxy) is 1. The van der Waals surface area contributed by atoms with Crippen LogP contribution in [0.1, 0.15) is 43.0 Å². The fourth-order valence-corrected chi connectivity index (χ4v) is 3.23. The van der Waals surface area contributed by atoms with Crippen LogP contribution in [0.25, 0.3) is 11.0 Å². The summed E-state index contributed by atoms with van der Waals surface area (Å²) < 4.78 is 13.7. The van der Waals surface area contributed by atoms with Crippen LogP contribution in [0.3, 0.4) is 0 Å². The molecule has 1 atom stereocenters. The minimum atomic E-state index is -0.0539. The summed E-state index contributed by atoms with van der Waals surface area (Å²) in [4.78, 5) is 0. The van der Waals surface area contributed by atoms with Gasteiger partial charge in [0.25, 0.3) is 0 Å². The molecule has 7 heteroatoms. The van der Waals surface area contributed by atoms with Crippen molar-refractivity contribution in [2.45, 2.75) is 32.3 Å². The molecule has 1 saturated heterocycles. The molecule has 0 unspecified atom stereocenters. The van der Waals surface area contributed by atoms with Crippen LogP contribution in [0.5, 0.6) is 0 Å². The lowest BCUT2D eigenvalue weighted by molar-refractivity contribution is 0.102. The fraction of sp³-hybridized carbons (Fsp3) is 0.353. The van der Waals surface area contributed by atoms with E-state index in [0.717, 1.165) is 54.0 Å². The summed E-state index contributed by atoms with van der Waals surface area (Å²) in [7, 11) is 0. The molecule has 124 valence electrons. The van der Waals surface area contributed by atoms with E-state index in [9.17, 15) is 0 Å². The van der Waals surface area contributed by atoms with Crippen LogP contribution in [0.15, 0.2) is 33.8 Å². The van der Waals surface area contributed by atoms with Gasteiger partial charge < -0.3 is 9.15 Å². The van der Waals surface area contributed by atoms with Crippen molar-refractivity contribution in [1.82, 2.24) is 14.9 Å². The summed E-state index contributed by atoms with van der Waals surface area (Å²) in [5.74, 6) is 1.63. The highest BCUT2D eigenvalue weighted by Gasteiger charge is 2.23. The van der Waals surface area contributed by atoms with Gasteiger partial charge in [-0.25, -0.2) is 0 Å². The number of aromatic amines is 1. The van der Waals surface area contributed by atoms with E-state index in [4.69, 9.17) is 21.4 Å². The molecule has 3 aromatic rings. The van der Waals surface area contributed by atoms with Crippen molar-refractivity contribution >= 4 is 29.4 Å². The zero-order valence-electron chi connectivity index (χ0n) is 13.4. The van der Waals surface area contributed by atoms with Crippen molar-refractivity contribution in [3.05, 3.63) is 46.2 Å². The largest absolute Gasteiger partial charge is 0.460 e. The maximum atomic E-state index is 5.90. The number of hydrogen-bond acceptors (Lipinski definition) is 5. The molecule has 3 heterocycles. The number of aromatic nitrogens is 3. The van der Waals surface area contributed by atoms with Crippen LogP contribution >= 0.6 is 12.2 Å². The van der Waals surface area contributed by atoms with Gasteiger partial charge in [0.05, 0.1) is 6.21 Å². The van der Waals surface area contributed by atoms with Gasteiger partial charge in [-0.15, -0.1) is 0 Å². The number of nitrogens with one attached hydrogen (secondary N) is 1. The number of aryl methyl sites for hydroxylation is 1.